The number of primary sulfonamides is 1. The summed E-state index contributed by atoms with van der Waals surface area (Å²) in [6.07, 6.45) is 2.19. The molecule has 0 saturated carbocycles. The molecule has 11 heteroatoms. The van der Waals surface area contributed by atoms with Gasteiger partial charge in [-0.2, -0.15) is 8.42 Å². The molecule has 0 atom stereocenters. The van der Waals surface area contributed by atoms with E-state index in [1.54, 1.807) is 0 Å². The molecule has 0 fully saturated rings. The third-order valence-corrected chi connectivity index (χ3v) is 4.41. The molecule has 108 valence electrons. The molecule has 0 bridgehead atoms. The molecular weight excluding hydrogens is 311 g/mol. The predicted molar refractivity (Wildman–Crippen MR) is 67.2 cm³/mol. The Morgan fingerprint density at radius 3 is 2.45 bits per heavy atom. The Hall–Kier alpha value is -1.98. The Morgan fingerprint density at radius 1 is 1.20 bits per heavy atom. The normalized spacial score (nSPS) is 12.3. The van der Waals surface area contributed by atoms with Crippen molar-refractivity contribution in [2.45, 2.75) is 9.92 Å². The molecule has 0 aliphatic carbocycles. The molecule has 20 heavy (non-hydrogen) atoms. The highest BCUT2D eigenvalue weighted by atomic mass is 32.2. The van der Waals surface area contributed by atoms with Gasteiger partial charge in [0.05, 0.1) is 23.1 Å². The van der Waals surface area contributed by atoms with E-state index in [2.05, 4.69) is 9.97 Å². The maximum Gasteiger partial charge on any atom is 0.278 e. The van der Waals surface area contributed by atoms with Gasteiger partial charge < -0.3 is 4.98 Å². The number of anilines is 1. The van der Waals surface area contributed by atoms with E-state index in [1.165, 1.54) is 0 Å². The van der Waals surface area contributed by atoms with Crippen molar-refractivity contribution in [2.75, 3.05) is 4.72 Å². The fourth-order valence-corrected chi connectivity index (χ4v) is 2.90. The standard InChI is InChI=1S/C9H9FN4O4S2/c10-6-1-7(3-8(2-6)19(11,15)16)14-20(17,18)9-4-12-5-13-9/h1-5,14H,(H,12,13)(H2,11,15,16). The van der Waals surface area contributed by atoms with Crippen LogP contribution in [-0.2, 0) is 20.0 Å². The van der Waals surface area contributed by atoms with Crippen LogP contribution >= 0.6 is 0 Å². The number of nitrogens with two attached hydrogens (primary N) is 1. The maximum atomic E-state index is 13.3. The number of hydrogen-bond acceptors (Lipinski definition) is 5. The third-order valence-electron chi connectivity index (χ3n) is 2.21. The van der Waals surface area contributed by atoms with Gasteiger partial charge in [0.25, 0.3) is 10.0 Å². The average molecular weight is 320 g/mol. The first kappa shape index (κ1) is 14.4. The Kier molecular flexibility index (Phi) is 3.50. The van der Waals surface area contributed by atoms with Crippen molar-refractivity contribution in [1.82, 2.24) is 9.97 Å². The van der Waals surface area contributed by atoms with Crippen LogP contribution < -0.4 is 9.86 Å². The molecule has 0 amide bonds. The number of H-pyrrole nitrogens is 1. The first-order valence-electron chi connectivity index (χ1n) is 5.03. The molecule has 0 spiro atoms. The van der Waals surface area contributed by atoms with E-state index in [1.807, 2.05) is 4.72 Å². The fraction of sp³-hybridized carbons (Fsp3) is 0. The molecule has 2 rings (SSSR count). The lowest BCUT2D eigenvalue weighted by Gasteiger charge is -2.08. The minimum absolute atomic E-state index is 0.251. The summed E-state index contributed by atoms with van der Waals surface area (Å²) in [5.74, 6) is -0.946. The van der Waals surface area contributed by atoms with Crippen LogP contribution in [0.1, 0.15) is 0 Å². The van der Waals surface area contributed by atoms with Crippen LogP contribution in [0.25, 0.3) is 0 Å². The summed E-state index contributed by atoms with van der Waals surface area (Å²) in [4.78, 5) is 5.36. The molecule has 4 N–H and O–H groups in total. The number of hydrogen-bond donors (Lipinski definition) is 3. The predicted octanol–water partition coefficient (Wildman–Crippen LogP) is -0.00300. The Bertz CT molecular complexity index is 831. The highest BCUT2D eigenvalue weighted by Gasteiger charge is 2.18. The number of sulfonamides is 2. The van der Waals surface area contributed by atoms with Crippen molar-refractivity contribution in [3.63, 3.8) is 0 Å². The van der Waals surface area contributed by atoms with Gasteiger partial charge in [-0.05, 0) is 18.2 Å². The molecule has 1 aromatic heterocycles. The number of halogens is 1. The minimum atomic E-state index is -4.15. The van der Waals surface area contributed by atoms with E-state index in [-0.39, 0.29) is 10.7 Å². The number of imidazole rings is 1. The van der Waals surface area contributed by atoms with Crippen LogP contribution in [0.15, 0.2) is 40.6 Å². The molecule has 0 aliphatic heterocycles. The smallest absolute Gasteiger partial charge is 0.278 e. The van der Waals surface area contributed by atoms with Crippen LogP contribution in [0.5, 0.6) is 0 Å². The number of nitrogens with one attached hydrogen (secondary N) is 2. The summed E-state index contributed by atoms with van der Waals surface area (Å²) in [5, 5.41) is 4.61. The van der Waals surface area contributed by atoms with E-state index in [0.717, 1.165) is 24.7 Å². The first-order valence-corrected chi connectivity index (χ1v) is 8.06. The zero-order valence-corrected chi connectivity index (χ0v) is 11.4. The van der Waals surface area contributed by atoms with Crippen molar-refractivity contribution < 1.29 is 21.2 Å². The van der Waals surface area contributed by atoms with Crippen LogP contribution in [0.2, 0.25) is 0 Å². The molecule has 1 heterocycles. The van der Waals surface area contributed by atoms with Gasteiger partial charge in [0.15, 0.2) is 5.03 Å². The summed E-state index contributed by atoms with van der Waals surface area (Å²) in [6.45, 7) is 0. The molecule has 0 aliphatic rings. The third kappa shape index (κ3) is 3.12. The molecular formula is C9H9FN4O4S2. The average Bonchev–Trinajstić information content (AvgIpc) is 2.79. The quantitative estimate of drug-likeness (QED) is 0.728. The summed E-state index contributed by atoms with van der Waals surface area (Å²) in [6, 6.07) is 2.41. The topological polar surface area (TPSA) is 135 Å². The Labute approximate surface area is 113 Å². The van der Waals surface area contributed by atoms with E-state index >= 15 is 0 Å². The van der Waals surface area contributed by atoms with Crippen LogP contribution in [0, 0.1) is 5.82 Å². The maximum absolute atomic E-state index is 13.3. The summed E-state index contributed by atoms with van der Waals surface area (Å²) < 4.78 is 61.3. The SMILES string of the molecule is NS(=O)(=O)c1cc(F)cc(NS(=O)(=O)c2cnc[nH]2)c1. The highest BCUT2D eigenvalue weighted by Crippen LogP contribution is 2.19. The lowest BCUT2D eigenvalue weighted by atomic mass is 10.3. The molecule has 0 saturated heterocycles. The van der Waals surface area contributed by atoms with Gasteiger partial charge in [0.1, 0.15) is 5.82 Å². The number of aromatic nitrogens is 2. The molecule has 2 aromatic rings. The van der Waals surface area contributed by atoms with E-state index in [0.29, 0.717) is 6.07 Å². The number of benzene rings is 1. The largest absolute Gasteiger partial charge is 0.334 e. The Balaban J connectivity index is 2.43. The van der Waals surface area contributed by atoms with Crippen LogP contribution in [0.4, 0.5) is 10.1 Å². The second kappa shape index (κ2) is 4.85. The lowest BCUT2D eigenvalue weighted by Crippen LogP contribution is -2.16. The van der Waals surface area contributed by atoms with E-state index in [4.69, 9.17) is 5.14 Å². The molecule has 0 unspecified atom stereocenters. The monoisotopic (exact) mass is 320 g/mol. The number of rotatable bonds is 4. The van der Waals surface area contributed by atoms with Crippen molar-refractivity contribution >= 4 is 25.7 Å². The fourth-order valence-electron chi connectivity index (χ4n) is 1.39. The lowest BCUT2D eigenvalue weighted by molar-refractivity contribution is 0.591. The van der Waals surface area contributed by atoms with Crippen molar-refractivity contribution in [2.24, 2.45) is 5.14 Å². The molecule has 1 aromatic carbocycles. The van der Waals surface area contributed by atoms with Crippen molar-refractivity contribution in [3.8, 4) is 0 Å². The number of aromatic amines is 1. The second-order valence-electron chi connectivity index (χ2n) is 3.74. The zero-order chi connectivity index (χ0) is 15.0. The highest BCUT2D eigenvalue weighted by molar-refractivity contribution is 7.92. The van der Waals surface area contributed by atoms with Crippen molar-refractivity contribution in [3.05, 3.63) is 36.5 Å². The van der Waals surface area contributed by atoms with Gasteiger partial charge in [-0.25, -0.2) is 22.9 Å². The summed E-state index contributed by atoms with van der Waals surface area (Å²) >= 11 is 0. The van der Waals surface area contributed by atoms with Gasteiger partial charge in [-0.15, -0.1) is 0 Å². The number of nitrogens with zero attached hydrogens (tertiary/aromatic N) is 1. The van der Waals surface area contributed by atoms with E-state index in [9.17, 15) is 21.2 Å². The molecule has 0 radical (unpaired) electrons. The molecule has 8 nitrogen and oxygen atoms in total. The van der Waals surface area contributed by atoms with Gasteiger partial charge in [0.2, 0.25) is 10.0 Å². The van der Waals surface area contributed by atoms with Crippen LogP contribution in [0.3, 0.4) is 0 Å². The van der Waals surface area contributed by atoms with Gasteiger partial charge in [-0.3, -0.25) is 4.72 Å². The zero-order valence-electron chi connectivity index (χ0n) is 9.74. The van der Waals surface area contributed by atoms with E-state index < -0.39 is 30.8 Å². The van der Waals surface area contributed by atoms with Crippen LogP contribution in [-0.4, -0.2) is 26.8 Å². The first-order chi connectivity index (χ1) is 9.18. The van der Waals surface area contributed by atoms with Gasteiger partial charge in [0, 0.05) is 0 Å². The van der Waals surface area contributed by atoms with Crippen molar-refractivity contribution in [1.29, 1.82) is 0 Å². The Morgan fingerprint density at radius 2 is 1.90 bits per heavy atom. The second-order valence-corrected chi connectivity index (χ2v) is 6.95. The van der Waals surface area contributed by atoms with Gasteiger partial charge in [-0.1, -0.05) is 0 Å². The van der Waals surface area contributed by atoms with Gasteiger partial charge >= 0.3 is 0 Å². The summed E-state index contributed by atoms with van der Waals surface area (Å²) in [5.41, 5.74) is -0.274. The minimum Gasteiger partial charge on any atom is -0.334 e. The summed E-state index contributed by atoms with van der Waals surface area (Å²) in [7, 11) is -8.17.